The average molecular weight is 483 g/mol. The zero-order valence-corrected chi connectivity index (χ0v) is 19.2. The maximum Gasteiger partial charge on any atom is 0.269 e. The lowest BCUT2D eigenvalue weighted by Gasteiger charge is -2.15. The van der Waals surface area contributed by atoms with Crippen LogP contribution in [0.15, 0.2) is 25.3 Å². The Morgan fingerprint density at radius 3 is 0.972 bits per heavy atom. The van der Waals surface area contributed by atoms with Gasteiger partial charge in [0, 0.05) is 24.3 Å². The van der Waals surface area contributed by atoms with Crippen molar-refractivity contribution in [1.29, 1.82) is 0 Å². The Labute approximate surface area is 204 Å². The van der Waals surface area contributed by atoms with Gasteiger partial charge in [0.2, 0.25) is 0 Å². The molecule has 176 valence electrons. The lowest BCUT2D eigenvalue weighted by Crippen LogP contribution is -2.62. The fourth-order valence-corrected chi connectivity index (χ4v) is 4.57. The van der Waals surface area contributed by atoms with Crippen LogP contribution in [0, 0.1) is 0 Å². The molecule has 0 amide bonds. The molecule has 0 aromatic carbocycles. The van der Waals surface area contributed by atoms with Gasteiger partial charge in [-0.2, -0.15) is 18.3 Å². The number of hydrogen-bond acceptors (Lipinski definition) is 10. The number of hydrogen-bond donors (Lipinski definition) is 2. The summed E-state index contributed by atoms with van der Waals surface area (Å²) >= 11 is 0. The standard InChI is InChI=1S/C22H22N14/c1-2-16-26-10-30-20-6-24-8-22-32-12-28-18(36(22)14-34(16)20)4-3-17-27-11-31-21-7-23-5-19-29-9-25-15(1)33(19)13-35(17)21/h1-4,9-12,23-24H,5-8,13-14H2/q+4/b2-1-,4-3?. The van der Waals surface area contributed by atoms with Gasteiger partial charge in [0.15, 0.2) is 13.3 Å². The summed E-state index contributed by atoms with van der Waals surface area (Å²) < 4.78 is 8.22. The summed E-state index contributed by atoms with van der Waals surface area (Å²) in [6.45, 7) is 3.27. The monoisotopic (exact) mass is 482 g/mol. The molecule has 4 aromatic rings. The fraction of sp³-hybridized carbons (Fsp3) is 0.273. The topological polar surface area (TPSA) is 143 Å². The molecule has 3 aliphatic rings. The zero-order chi connectivity index (χ0) is 23.9. The Bertz CT molecular complexity index is 1330. The highest BCUT2D eigenvalue weighted by atomic mass is 15.3. The first-order valence-corrected chi connectivity index (χ1v) is 11.6. The van der Waals surface area contributed by atoms with Gasteiger partial charge in [0.25, 0.3) is 71.9 Å². The van der Waals surface area contributed by atoms with Gasteiger partial charge in [0.1, 0.15) is 0 Å². The Morgan fingerprint density at radius 1 is 0.417 bits per heavy atom. The Balaban J connectivity index is 1.50. The van der Waals surface area contributed by atoms with Crippen LogP contribution in [0.5, 0.6) is 0 Å². The van der Waals surface area contributed by atoms with E-state index in [4.69, 9.17) is 0 Å². The molecule has 4 bridgehead atoms. The fourth-order valence-electron chi connectivity index (χ4n) is 4.57. The predicted molar refractivity (Wildman–Crippen MR) is 119 cm³/mol. The summed E-state index contributed by atoms with van der Waals surface area (Å²) in [5.74, 6) is 6.42. The molecule has 7 heterocycles. The van der Waals surface area contributed by atoms with Crippen molar-refractivity contribution in [2.75, 3.05) is 0 Å². The second-order valence-corrected chi connectivity index (χ2v) is 8.46. The molecular weight excluding hydrogens is 460 g/mol. The highest BCUT2D eigenvalue weighted by Crippen LogP contribution is 2.05. The lowest BCUT2D eigenvalue weighted by atomic mass is 10.3. The van der Waals surface area contributed by atoms with E-state index in [9.17, 15) is 0 Å². The van der Waals surface area contributed by atoms with Crippen LogP contribution in [0.2, 0.25) is 0 Å². The van der Waals surface area contributed by atoms with E-state index in [1.165, 1.54) is 0 Å². The number of aromatic nitrogens is 12. The molecule has 14 heteroatoms. The van der Waals surface area contributed by atoms with Gasteiger partial charge in [-0.05, 0) is 0 Å². The molecule has 14 nitrogen and oxygen atoms in total. The molecule has 0 spiro atoms. The van der Waals surface area contributed by atoms with Crippen molar-refractivity contribution in [3.63, 3.8) is 0 Å². The minimum absolute atomic E-state index is 0.460. The van der Waals surface area contributed by atoms with Gasteiger partial charge in [-0.15, -0.1) is 0 Å². The molecule has 0 saturated carbocycles. The summed E-state index contributed by atoms with van der Waals surface area (Å²) in [4.78, 5) is 36.4. The molecule has 0 atom stereocenters. The molecular formula is C22H22N14+4. The Morgan fingerprint density at radius 2 is 0.694 bits per heavy atom. The quantitative estimate of drug-likeness (QED) is 0.218. The Kier molecular flexibility index (Phi) is 4.96. The third-order valence-corrected chi connectivity index (χ3v) is 6.40. The van der Waals surface area contributed by atoms with E-state index >= 15 is 0 Å². The lowest BCUT2D eigenvalue weighted by molar-refractivity contribution is -0.926. The maximum absolute atomic E-state index is 4.58. The van der Waals surface area contributed by atoms with Crippen LogP contribution in [0.25, 0.3) is 24.3 Å². The average Bonchev–Trinajstić information content (AvgIpc) is 2.87. The smallest absolute Gasteiger partial charge is 0.269 e. The van der Waals surface area contributed by atoms with Gasteiger partial charge in [-0.25, -0.2) is 0 Å². The van der Waals surface area contributed by atoms with Gasteiger partial charge in [0.05, 0.1) is 26.2 Å². The highest BCUT2D eigenvalue weighted by molar-refractivity contribution is 5.60. The minimum atomic E-state index is 0.460. The van der Waals surface area contributed by atoms with Crippen LogP contribution in [0.4, 0.5) is 0 Å². The summed E-state index contributed by atoms with van der Waals surface area (Å²) in [6.07, 6.45) is 14.2. The number of nitrogens with zero attached hydrogens (tertiary/aromatic N) is 12. The summed E-state index contributed by atoms with van der Waals surface area (Å²) in [6, 6.07) is 0. The maximum atomic E-state index is 4.58. The van der Waals surface area contributed by atoms with Crippen molar-refractivity contribution < 1.29 is 18.3 Å². The van der Waals surface area contributed by atoms with E-state index in [2.05, 4.69) is 68.8 Å². The minimum Gasteiger partial charge on any atom is -0.298 e. The molecule has 2 N–H and O–H groups in total. The largest absolute Gasteiger partial charge is 0.298 e. The van der Waals surface area contributed by atoms with Crippen LogP contribution in [0.1, 0.15) is 46.6 Å². The van der Waals surface area contributed by atoms with Crippen molar-refractivity contribution in [3.8, 4) is 0 Å². The van der Waals surface area contributed by atoms with Crippen molar-refractivity contribution >= 4 is 24.3 Å². The zero-order valence-electron chi connectivity index (χ0n) is 19.2. The van der Waals surface area contributed by atoms with E-state index in [1.54, 1.807) is 25.3 Å². The number of nitrogens with one attached hydrogen (secondary N) is 2. The van der Waals surface area contributed by atoms with E-state index in [0.717, 1.165) is 46.6 Å². The van der Waals surface area contributed by atoms with Gasteiger partial charge in [-0.1, -0.05) is 39.9 Å². The second kappa shape index (κ2) is 8.58. The van der Waals surface area contributed by atoms with Crippen LogP contribution in [-0.2, 0) is 39.5 Å². The molecule has 0 fully saturated rings. The van der Waals surface area contributed by atoms with E-state index in [0.29, 0.717) is 39.5 Å². The molecule has 0 unspecified atom stereocenters. The Hall–Kier alpha value is -4.56. The van der Waals surface area contributed by atoms with E-state index in [-0.39, 0.29) is 0 Å². The third kappa shape index (κ3) is 3.59. The van der Waals surface area contributed by atoms with Gasteiger partial charge in [-0.3, -0.25) is 10.6 Å². The molecule has 0 aliphatic carbocycles. The molecule has 4 aromatic heterocycles. The van der Waals surface area contributed by atoms with Gasteiger partial charge < -0.3 is 0 Å². The van der Waals surface area contributed by atoms with Crippen LogP contribution >= 0.6 is 0 Å². The molecule has 7 rings (SSSR count). The van der Waals surface area contributed by atoms with E-state index < -0.39 is 0 Å². The second-order valence-electron chi connectivity index (χ2n) is 8.46. The molecule has 0 saturated heterocycles. The predicted octanol–water partition coefficient (Wildman–Crippen LogP) is -3.13. The van der Waals surface area contributed by atoms with Gasteiger partial charge >= 0.3 is 0 Å². The summed E-state index contributed by atoms with van der Waals surface area (Å²) in [5, 5.41) is 6.85. The number of rotatable bonds is 0. The summed E-state index contributed by atoms with van der Waals surface area (Å²) in [7, 11) is 0. The van der Waals surface area contributed by atoms with Crippen molar-refractivity contribution in [3.05, 3.63) is 71.9 Å². The van der Waals surface area contributed by atoms with E-state index in [1.807, 2.05) is 24.3 Å². The normalized spacial score (nSPS) is 16.7. The summed E-state index contributed by atoms with van der Waals surface area (Å²) in [5.41, 5.74) is 0. The van der Waals surface area contributed by atoms with Crippen LogP contribution in [-0.4, -0.2) is 39.9 Å². The first-order chi connectivity index (χ1) is 17.8. The third-order valence-electron chi connectivity index (χ3n) is 6.40. The molecule has 36 heavy (non-hydrogen) atoms. The first-order valence-electron chi connectivity index (χ1n) is 11.6. The van der Waals surface area contributed by atoms with Crippen LogP contribution < -0.4 is 28.9 Å². The molecule has 0 radical (unpaired) electrons. The molecule has 3 aliphatic heterocycles. The van der Waals surface area contributed by atoms with Crippen molar-refractivity contribution in [1.82, 2.24) is 50.5 Å². The van der Waals surface area contributed by atoms with Crippen molar-refractivity contribution in [2.45, 2.75) is 39.5 Å². The highest BCUT2D eigenvalue weighted by Gasteiger charge is 2.28. The SMILES string of the molecule is C1=Cc2ncnc3[n+]2C[n+]2c(ncnc2CNC3)/C=C\c2ncnc3[n+]2C[n+]2c1ncnc2CNC3. The first kappa shape index (κ1) is 20.8. The van der Waals surface area contributed by atoms with Crippen LogP contribution in [0.3, 0.4) is 0 Å². The van der Waals surface area contributed by atoms with Crippen molar-refractivity contribution in [2.24, 2.45) is 0 Å².